The predicted molar refractivity (Wildman–Crippen MR) is 77.6 cm³/mol. The van der Waals surface area contributed by atoms with Crippen LogP contribution in [0.4, 0.5) is 0 Å². The molecule has 0 saturated heterocycles. The van der Waals surface area contributed by atoms with E-state index < -0.39 is 10.0 Å². The smallest absolute Gasteiger partial charge is 0.257 e. The van der Waals surface area contributed by atoms with Gasteiger partial charge in [0.15, 0.2) is 5.03 Å². The number of hydrogen-bond donors (Lipinski definition) is 3. The van der Waals surface area contributed by atoms with E-state index in [4.69, 9.17) is 5.11 Å². The summed E-state index contributed by atoms with van der Waals surface area (Å²) in [7, 11) is -3.59. The van der Waals surface area contributed by atoms with E-state index in [0.29, 0.717) is 6.42 Å². The fraction of sp³-hybridized carbons (Fsp3) is 0.214. The van der Waals surface area contributed by atoms with Gasteiger partial charge < -0.3 is 5.11 Å². The zero-order chi connectivity index (χ0) is 15.1. The molecule has 2 aromatic rings. The number of sulfonamides is 1. The maximum atomic E-state index is 11.9. The molecule has 1 aromatic carbocycles. The molecule has 0 fully saturated rings. The molecule has 0 radical (unpaired) electrons. The summed E-state index contributed by atoms with van der Waals surface area (Å²) in [5, 5.41) is 14.7. The minimum atomic E-state index is -3.59. The molecule has 1 heterocycles. The monoisotopic (exact) mass is 305 g/mol. The lowest BCUT2D eigenvalue weighted by atomic mass is 10.1. The SMILES string of the molecule is O=S(=O)(NCc1cccc(C#CCCO)c1)c1ccn[nH]1. The second-order valence-corrected chi connectivity index (χ2v) is 5.96. The lowest BCUT2D eigenvalue weighted by molar-refractivity contribution is 0.305. The van der Waals surface area contributed by atoms with Crippen LogP contribution < -0.4 is 4.72 Å². The van der Waals surface area contributed by atoms with E-state index in [0.717, 1.165) is 11.1 Å². The number of aliphatic hydroxyl groups excluding tert-OH is 1. The fourth-order valence-corrected chi connectivity index (χ4v) is 2.55. The van der Waals surface area contributed by atoms with Crippen molar-refractivity contribution < 1.29 is 13.5 Å². The molecular weight excluding hydrogens is 290 g/mol. The first-order chi connectivity index (χ1) is 10.1. The lowest BCUT2D eigenvalue weighted by Gasteiger charge is -2.05. The number of benzene rings is 1. The Morgan fingerprint density at radius 1 is 1.33 bits per heavy atom. The quantitative estimate of drug-likeness (QED) is 0.706. The minimum absolute atomic E-state index is 0.0245. The first kappa shape index (κ1) is 15.3. The summed E-state index contributed by atoms with van der Waals surface area (Å²) in [5.74, 6) is 5.73. The van der Waals surface area contributed by atoms with Gasteiger partial charge in [0.05, 0.1) is 12.8 Å². The first-order valence-corrected chi connectivity index (χ1v) is 7.78. The van der Waals surface area contributed by atoms with Crippen LogP contribution >= 0.6 is 0 Å². The fourth-order valence-electron chi connectivity index (χ4n) is 1.63. The molecule has 0 spiro atoms. The highest BCUT2D eigenvalue weighted by atomic mass is 32.2. The maximum absolute atomic E-state index is 11.9. The van der Waals surface area contributed by atoms with Gasteiger partial charge in [-0.05, 0) is 23.8 Å². The van der Waals surface area contributed by atoms with E-state index in [1.807, 2.05) is 18.2 Å². The summed E-state index contributed by atoms with van der Waals surface area (Å²) >= 11 is 0. The summed E-state index contributed by atoms with van der Waals surface area (Å²) in [6.45, 7) is 0.188. The van der Waals surface area contributed by atoms with Crippen LogP contribution in [0.15, 0.2) is 41.6 Å². The second-order valence-electron chi connectivity index (χ2n) is 4.22. The Morgan fingerprint density at radius 2 is 2.19 bits per heavy atom. The van der Waals surface area contributed by atoms with Crippen molar-refractivity contribution >= 4 is 10.0 Å². The van der Waals surface area contributed by atoms with Gasteiger partial charge in [-0.1, -0.05) is 24.0 Å². The van der Waals surface area contributed by atoms with Gasteiger partial charge >= 0.3 is 0 Å². The number of nitrogens with one attached hydrogen (secondary N) is 2. The van der Waals surface area contributed by atoms with E-state index in [-0.39, 0.29) is 18.2 Å². The molecule has 0 unspecified atom stereocenters. The number of H-pyrrole nitrogens is 1. The Morgan fingerprint density at radius 3 is 2.90 bits per heavy atom. The summed E-state index contributed by atoms with van der Waals surface area (Å²) < 4.78 is 26.3. The lowest BCUT2D eigenvalue weighted by Crippen LogP contribution is -2.23. The van der Waals surface area contributed by atoms with Crippen molar-refractivity contribution in [2.24, 2.45) is 0 Å². The van der Waals surface area contributed by atoms with Crippen molar-refractivity contribution in [2.45, 2.75) is 18.0 Å². The normalized spacial score (nSPS) is 10.9. The van der Waals surface area contributed by atoms with Crippen molar-refractivity contribution in [3.8, 4) is 11.8 Å². The van der Waals surface area contributed by atoms with Crippen LogP contribution in [0.1, 0.15) is 17.5 Å². The number of nitrogens with zero attached hydrogens (tertiary/aromatic N) is 1. The van der Waals surface area contributed by atoms with E-state index in [1.165, 1.54) is 12.3 Å². The Kier molecular flexibility index (Phi) is 5.11. The molecule has 1 aromatic heterocycles. The molecule has 0 aliphatic heterocycles. The largest absolute Gasteiger partial charge is 0.395 e. The van der Waals surface area contributed by atoms with Crippen LogP contribution in [0.25, 0.3) is 0 Å². The topological polar surface area (TPSA) is 95.1 Å². The summed E-state index contributed by atoms with van der Waals surface area (Å²) in [6.07, 6.45) is 1.79. The molecule has 6 nitrogen and oxygen atoms in total. The van der Waals surface area contributed by atoms with Gasteiger partial charge in [-0.25, -0.2) is 13.1 Å². The number of aromatic nitrogens is 2. The van der Waals surface area contributed by atoms with Gasteiger partial charge in [0.2, 0.25) is 0 Å². The molecule has 0 atom stereocenters. The van der Waals surface area contributed by atoms with E-state index in [1.54, 1.807) is 6.07 Å². The van der Waals surface area contributed by atoms with Crippen molar-refractivity contribution in [3.05, 3.63) is 47.7 Å². The van der Waals surface area contributed by atoms with Crippen LogP contribution in [0.2, 0.25) is 0 Å². The molecule has 0 aliphatic carbocycles. The molecular formula is C14H15N3O3S. The average Bonchev–Trinajstić information content (AvgIpc) is 3.01. The second kappa shape index (κ2) is 7.04. The molecule has 3 N–H and O–H groups in total. The number of aliphatic hydroxyl groups is 1. The van der Waals surface area contributed by atoms with Gasteiger partial charge in [0, 0.05) is 18.5 Å². The standard InChI is InChI=1S/C14H15N3O3S/c18-9-2-1-4-12-5-3-6-13(10-12)11-16-21(19,20)14-7-8-15-17-14/h3,5-8,10,16,18H,2,9,11H2,(H,15,17). The molecule has 2 rings (SSSR count). The van der Waals surface area contributed by atoms with Gasteiger partial charge in [-0.15, -0.1) is 0 Å². The molecule has 0 amide bonds. The third kappa shape index (κ3) is 4.43. The molecule has 110 valence electrons. The summed E-state index contributed by atoms with van der Waals surface area (Å²) in [5.41, 5.74) is 1.58. The Labute approximate surface area is 123 Å². The van der Waals surface area contributed by atoms with E-state index in [9.17, 15) is 8.42 Å². The average molecular weight is 305 g/mol. The van der Waals surface area contributed by atoms with Crippen LogP contribution in [0, 0.1) is 11.8 Å². The van der Waals surface area contributed by atoms with Gasteiger partial charge in [-0.3, -0.25) is 5.10 Å². The highest BCUT2D eigenvalue weighted by molar-refractivity contribution is 7.89. The molecule has 0 bridgehead atoms. The summed E-state index contributed by atoms with van der Waals surface area (Å²) in [6, 6.07) is 8.64. The zero-order valence-electron chi connectivity index (χ0n) is 11.2. The Hall–Kier alpha value is -2.14. The third-order valence-corrected chi connectivity index (χ3v) is 3.96. The number of rotatable bonds is 5. The van der Waals surface area contributed by atoms with Crippen LogP contribution in [0.5, 0.6) is 0 Å². The van der Waals surface area contributed by atoms with Crippen molar-refractivity contribution in [1.82, 2.24) is 14.9 Å². The van der Waals surface area contributed by atoms with Crippen LogP contribution in [-0.2, 0) is 16.6 Å². The van der Waals surface area contributed by atoms with Crippen LogP contribution in [0.3, 0.4) is 0 Å². The van der Waals surface area contributed by atoms with E-state index in [2.05, 4.69) is 26.8 Å². The van der Waals surface area contributed by atoms with Crippen molar-refractivity contribution in [3.63, 3.8) is 0 Å². The molecule has 21 heavy (non-hydrogen) atoms. The van der Waals surface area contributed by atoms with E-state index >= 15 is 0 Å². The van der Waals surface area contributed by atoms with Crippen LogP contribution in [-0.4, -0.2) is 30.3 Å². The van der Waals surface area contributed by atoms with Crippen molar-refractivity contribution in [1.29, 1.82) is 0 Å². The summed E-state index contributed by atoms with van der Waals surface area (Å²) in [4.78, 5) is 0. The third-order valence-electron chi connectivity index (χ3n) is 2.63. The molecule has 0 saturated carbocycles. The number of hydrogen-bond acceptors (Lipinski definition) is 4. The van der Waals surface area contributed by atoms with Gasteiger partial charge in [0.1, 0.15) is 0 Å². The van der Waals surface area contributed by atoms with Crippen molar-refractivity contribution in [2.75, 3.05) is 6.61 Å². The molecule has 0 aliphatic rings. The highest BCUT2D eigenvalue weighted by Crippen LogP contribution is 2.07. The number of aromatic amines is 1. The zero-order valence-corrected chi connectivity index (χ0v) is 12.0. The first-order valence-electron chi connectivity index (χ1n) is 6.29. The minimum Gasteiger partial charge on any atom is -0.395 e. The maximum Gasteiger partial charge on any atom is 0.257 e. The van der Waals surface area contributed by atoms with Gasteiger partial charge in [0.25, 0.3) is 10.0 Å². The van der Waals surface area contributed by atoms with Gasteiger partial charge in [-0.2, -0.15) is 5.10 Å². The molecule has 7 heteroatoms. The Bertz CT molecular complexity index is 743. The predicted octanol–water partition coefficient (Wildman–Crippen LogP) is 0.622. The highest BCUT2D eigenvalue weighted by Gasteiger charge is 2.14. The Balaban J connectivity index is 2.04.